The molecule has 1 saturated heterocycles. The average molecular weight is 445 g/mol. The highest BCUT2D eigenvalue weighted by molar-refractivity contribution is 8.26. The molecule has 0 aliphatic carbocycles. The van der Waals surface area contributed by atoms with Gasteiger partial charge in [-0.3, -0.25) is 19.8 Å². The van der Waals surface area contributed by atoms with Gasteiger partial charge in [0.15, 0.2) is 0 Å². The second-order valence-corrected chi connectivity index (χ2v) is 8.26. The van der Waals surface area contributed by atoms with E-state index in [0.29, 0.717) is 40.2 Å². The highest BCUT2D eigenvalue weighted by Gasteiger charge is 2.29. The number of nitro groups is 1. The van der Waals surface area contributed by atoms with Gasteiger partial charge < -0.3 is 9.47 Å². The largest absolute Gasteiger partial charge is 0.493 e. The van der Waals surface area contributed by atoms with Crippen LogP contribution in [0.4, 0.5) is 5.69 Å². The maximum Gasteiger partial charge on any atom is 0.270 e. The molecule has 2 aromatic carbocycles. The van der Waals surface area contributed by atoms with Crippen LogP contribution in [-0.2, 0) is 4.79 Å². The van der Waals surface area contributed by atoms with E-state index in [1.54, 1.807) is 13.1 Å². The number of aryl methyl sites for hydroxylation is 1. The number of nitrogens with zero attached hydrogens (tertiary/aromatic N) is 2. The Morgan fingerprint density at radius 1 is 1.20 bits per heavy atom. The van der Waals surface area contributed by atoms with Crippen LogP contribution in [0.15, 0.2) is 47.4 Å². The van der Waals surface area contributed by atoms with Gasteiger partial charge in [0, 0.05) is 31.2 Å². The third-order valence-corrected chi connectivity index (χ3v) is 5.77. The van der Waals surface area contributed by atoms with Gasteiger partial charge in [0.05, 0.1) is 23.0 Å². The number of non-ortho nitro benzene ring substituents is 1. The lowest BCUT2D eigenvalue weighted by atomic mass is 10.1. The highest BCUT2D eigenvalue weighted by atomic mass is 32.2. The van der Waals surface area contributed by atoms with Gasteiger partial charge >= 0.3 is 0 Å². The third kappa shape index (κ3) is 5.37. The van der Waals surface area contributed by atoms with Crippen molar-refractivity contribution in [2.24, 2.45) is 0 Å². The lowest BCUT2D eigenvalue weighted by molar-refractivity contribution is -0.384. The van der Waals surface area contributed by atoms with Crippen LogP contribution in [0.1, 0.15) is 17.5 Å². The number of carbonyl (C=O) groups is 1. The minimum Gasteiger partial charge on any atom is -0.493 e. The second kappa shape index (κ2) is 9.73. The summed E-state index contributed by atoms with van der Waals surface area (Å²) in [6, 6.07) is 12.1. The molecule has 1 aliphatic heterocycles. The normalized spacial score (nSPS) is 15.0. The minimum absolute atomic E-state index is 0.0802. The molecule has 3 rings (SSSR count). The molecule has 156 valence electrons. The molecule has 0 saturated carbocycles. The predicted octanol–water partition coefficient (Wildman–Crippen LogP) is 4.58. The first-order valence-electron chi connectivity index (χ1n) is 9.17. The van der Waals surface area contributed by atoms with Gasteiger partial charge in [0.2, 0.25) is 0 Å². The molecule has 1 fully saturated rings. The van der Waals surface area contributed by atoms with Crippen molar-refractivity contribution in [3.63, 3.8) is 0 Å². The minimum atomic E-state index is -0.484. The predicted molar refractivity (Wildman–Crippen MR) is 121 cm³/mol. The number of benzene rings is 2. The number of hydrogen-bond acceptors (Lipinski definition) is 7. The van der Waals surface area contributed by atoms with Crippen molar-refractivity contribution in [3.8, 4) is 11.5 Å². The molecule has 7 nitrogen and oxygen atoms in total. The highest BCUT2D eigenvalue weighted by Crippen LogP contribution is 2.34. The quantitative estimate of drug-likeness (QED) is 0.194. The van der Waals surface area contributed by atoms with Crippen molar-refractivity contribution >= 4 is 46.0 Å². The van der Waals surface area contributed by atoms with Crippen molar-refractivity contribution in [1.82, 2.24) is 4.90 Å². The third-order valence-electron chi connectivity index (χ3n) is 4.28. The topological polar surface area (TPSA) is 81.9 Å². The van der Waals surface area contributed by atoms with Crippen LogP contribution in [0.2, 0.25) is 0 Å². The van der Waals surface area contributed by atoms with Gasteiger partial charge in [0.25, 0.3) is 11.6 Å². The Labute approximate surface area is 183 Å². The Hall–Kier alpha value is -2.91. The first-order chi connectivity index (χ1) is 14.3. The van der Waals surface area contributed by atoms with Gasteiger partial charge in [-0.15, -0.1) is 0 Å². The molecule has 2 aromatic rings. The van der Waals surface area contributed by atoms with E-state index in [1.165, 1.54) is 23.1 Å². The number of thioether (sulfide) groups is 1. The van der Waals surface area contributed by atoms with Crippen LogP contribution in [0.5, 0.6) is 11.5 Å². The standard InChI is InChI=1S/C21H20N2O5S2/c1-14-5-3-6-17(11-14)27-9-4-10-28-18-8-7-16(23(25)26)12-15(18)13-19-20(24)22(2)21(29)30-19/h3,5-8,11-13H,4,9-10H2,1-2H3/b19-13-. The summed E-state index contributed by atoms with van der Waals surface area (Å²) in [6.07, 6.45) is 2.20. The number of ether oxygens (including phenoxy) is 2. The van der Waals surface area contributed by atoms with E-state index >= 15 is 0 Å². The summed E-state index contributed by atoms with van der Waals surface area (Å²) in [6.45, 7) is 2.83. The van der Waals surface area contributed by atoms with E-state index in [9.17, 15) is 14.9 Å². The summed E-state index contributed by atoms with van der Waals surface area (Å²) in [5.74, 6) is 1.01. The number of likely N-dealkylation sites (N-methyl/N-ethyl adjacent to an activating group) is 1. The molecular weight excluding hydrogens is 424 g/mol. The number of amides is 1. The molecule has 0 radical (unpaired) electrons. The molecule has 1 amide bonds. The first kappa shape index (κ1) is 21.8. The molecule has 30 heavy (non-hydrogen) atoms. The van der Waals surface area contributed by atoms with Crippen LogP contribution >= 0.6 is 24.0 Å². The summed E-state index contributed by atoms with van der Waals surface area (Å²) in [5.41, 5.74) is 1.50. The monoisotopic (exact) mass is 444 g/mol. The number of rotatable bonds is 8. The van der Waals surface area contributed by atoms with Crippen LogP contribution < -0.4 is 9.47 Å². The van der Waals surface area contributed by atoms with E-state index in [4.69, 9.17) is 21.7 Å². The number of hydrogen-bond donors (Lipinski definition) is 0. The van der Waals surface area contributed by atoms with Gasteiger partial charge in [-0.1, -0.05) is 36.1 Å². The Morgan fingerprint density at radius 3 is 2.63 bits per heavy atom. The molecule has 1 aliphatic rings. The molecule has 1 heterocycles. The summed E-state index contributed by atoms with van der Waals surface area (Å²) in [4.78, 5) is 24.7. The Morgan fingerprint density at radius 2 is 1.97 bits per heavy atom. The van der Waals surface area contributed by atoms with Gasteiger partial charge in [0.1, 0.15) is 15.8 Å². The Kier molecular flexibility index (Phi) is 7.07. The van der Waals surface area contributed by atoms with Crippen LogP contribution in [0.3, 0.4) is 0 Å². The van der Waals surface area contributed by atoms with Crippen molar-refractivity contribution in [2.45, 2.75) is 13.3 Å². The molecule has 0 aromatic heterocycles. The SMILES string of the molecule is Cc1cccc(OCCCOc2ccc([N+](=O)[O-])cc2/C=C2\SC(=S)N(C)C2=O)c1. The molecule has 0 atom stereocenters. The fraction of sp³-hybridized carbons (Fsp3) is 0.238. The second-order valence-electron chi connectivity index (χ2n) is 6.59. The lowest BCUT2D eigenvalue weighted by Crippen LogP contribution is -2.22. The zero-order valence-electron chi connectivity index (χ0n) is 16.5. The van der Waals surface area contributed by atoms with E-state index in [1.807, 2.05) is 31.2 Å². The van der Waals surface area contributed by atoms with Gasteiger partial charge in [-0.05, 0) is 36.8 Å². The van der Waals surface area contributed by atoms with E-state index in [2.05, 4.69) is 0 Å². The van der Waals surface area contributed by atoms with Gasteiger partial charge in [-0.2, -0.15) is 0 Å². The fourth-order valence-electron chi connectivity index (χ4n) is 2.72. The van der Waals surface area contributed by atoms with Crippen LogP contribution in [0.25, 0.3) is 6.08 Å². The lowest BCUT2D eigenvalue weighted by Gasteiger charge is -2.11. The Bertz CT molecular complexity index is 1020. The summed E-state index contributed by atoms with van der Waals surface area (Å²) < 4.78 is 12.0. The molecule has 0 bridgehead atoms. The first-order valence-corrected chi connectivity index (χ1v) is 10.4. The number of nitro benzene ring substituents is 1. The summed E-state index contributed by atoms with van der Waals surface area (Å²) in [5, 5.41) is 11.2. The number of thiocarbonyl (C=S) groups is 1. The Balaban J connectivity index is 1.67. The molecular formula is C21H20N2O5S2. The van der Waals surface area contributed by atoms with Crippen LogP contribution in [-0.4, -0.2) is 40.3 Å². The van der Waals surface area contributed by atoms with E-state index < -0.39 is 4.92 Å². The average Bonchev–Trinajstić information content (AvgIpc) is 2.95. The van der Waals surface area contributed by atoms with Crippen molar-refractivity contribution in [3.05, 3.63) is 68.6 Å². The molecule has 0 N–H and O–H groups in total. The zero-order valence-corrected chi connectivity index (χ0v) is 18.1. The number of carbonyl (C=O) groups excluding carboxylic acids is 1. The maximum atomic E-state index is 12.3. The van der Waals surface area contributed by atoms with Crippen molar-refractivity contribution < 1.29 is 19.2 Å². The van der Waals surface area contributed by atoms with Crippen molar-refractivity contribution in [2.75, 3.05) is 20.3 Å². The van der Waals surface area contributed by atoms with Crippen LogP contribution in [0, 0.1) is 17.0 Å². The molecule has 0 unspecified atom stereocenters. The zero-order chi connectivity index (χ0) is 21.7. The summed E-state index contributed by atoms with van der Waals surface area (Å²) in [7, 11) is 1.59. The smallest absolute Gasteiger partial charge is 0.270 e. The van der Waals surface area contributed by atoms with Crippen molar-refractivity contribution in [1.29, 1.82) is 0 Å². The molecule has 9 heteroatoms. The summed E-state index contributed by atoms with van der Waals surface area (Å²) >= 11 is 6.29. The van der Waals surface area contributed by atoms with E-state index in [0.717, 1.165) is 23.1 Å². The maximum absolute atomic E-state index is 12.3. The van der Waals surface area contributed by atoms with Gasteiger partial charge in [-0.25, -0.2) is 0 Å². The van der Waals surface area contributed by atoms with E-state index in [-0.39, 0.29) is 11.6 Å². The molecule has 0 spiro atoms. The fourth-order valence-corrected chi connectivity index (χ4v) is 3.89.